The van der Waals surface area contributed by atoms with Gasteiger partial charge in [-0.25, -0.2) is 0 Å². The van der Waals surface area contributed by atoms with E-state index in [4.69, 9.17) is 0 Å². The molecule has 0 saturated carbocycles. The molecule has 2 atom stereocenters. The first-order valence-corrected chi connectivity index (χ1v) is 3.86. The molecule has 2 aliphatic heterocycles. The highest BCUT2D eigenvalue weighted by molar-refractivity contribution is 5.77. The van der Waals surface area contributed by atoms with Gasteiger partial charge in [0.05, 0.1) is 0 Å². The average molecular weight is 140 g/mol. The molecule has 0 bridgehead atoms. The fraction of sp³-hybridized carbons (Fsp3) is 0.857. The van der Waals surface area contributed by atoms with Gasteiger partial charge in [0.25, 0.3) is 0 Å². The third-order valence-corrected chi connectivity index (χ3v) is 2.46. The van der Waals surface area contributed by atoms with E-state index in [1.807, 2.05) is 0 Å². The highest BCUT2D eigenvalue weighted by Crippen LogP contribution is 2.21. The summed E-state index contributed by atoms with van der Waals surface area (Å²) in [6.45, 7) is 1.92. The minimum Gasteiger partial charge on any atom is -0.355 e. The number of hydrogen-bond donors (Lipinski definition) is 2. The van der Waals surface area contributed by atoms with Gasteiger partial charge in [-0.15, -0.1) is 0 Å². The SMILES string of the molecule is O=C1C[C@@H]2CCN[C@@H]2CN1. The fourth-order valence-electron chi connectivity index (χ4n) is 1.84. The molecule has 2 rings (SSSR count). The molecule has 0 unspecified atom stereocenters. The van der Waals surface area contributed by atoms with Gasteiger partial charge < -0.3 is 10.6 Å². The molecule has 1 amide bonds. The van der Waals surface area contributed by atoms with Crippen LogP contribution in [0.4, 0.5) is 0 Å². The van der Waals surface area contributed by atoms with Crippen LogP contribution < -0.4 is 10.6 Å². The molecule has 10 heavy (non-hydrogen) atoms. The molecule has 2 aliphatic rings. The Kier molecular flexibility index (Phi) is 1.38. The Bertz CT molecular complexity index is 158. The molecule has 0 spiro atoms. The first-order valence-electron chi connectivity index (χ1n) is 3.86. The van der Waals surface area contributed by atoms with Crippen molar-refractivity contribution < 1.29 is 4.79 Å². The van der Waals surface area contributed by atoms with Crippen molar-refractivity contribution in [2.75, 3.05) is 13.1 Å². The van der Waals surface area contributed by atoms with Crippen LogP contribution in [0.25, 0.3) is 0 Å². The topological polar surface area (TPSA) is 41.1 Å². The summed E-state index contributed by atoms with van der Waals surface area (Å²) in [5.74, 6) is 0.846. The maximum absolute atomic E-state index is 10.9. The molecule has 2 fully saturated rings. The monoisotopic (exact) mass is 140 g/mol. The van der Waals surface area contributed by atoms with Gasteiger partial charge in [-0.1, -0.05) is 0 Å². The summed E-state index contributed by atoms with van der Waals surface area (Å²) in [7, 11) is 0. The standard InChI is InChI=1S/C7H12N2O/c10-7-3-5-1-2-8-6(5)4-9-7/h5-6,8H,1-4H2,(H,9,10)/t5-,6+/m0/s1. The number of hydrogen-bond acceptors (Lipinski definition) is 2. The summed E-state index contributed by atoms with van der Waals surface area (Å²) >= 11 is 0. The summed E-state index contributed by atoms with van der Waals surface area (Å²) in [6.07, 6.45) is 1.91. The largest absolute Gasteiger partial charge is 0.355 e. The van der Waals surface area contributed by atoms with Gasteiger partial charge in [-0.2, -0.15) is 0 Å². The second kappa shape index (κ2) is 2.23. The zero-order chi connectivity index (χ0) is 6.97. The molecule has 3 nitrogen and oxygen atoms in total. The highest BCUT2D eigenvalue weighted by atomic mass is 16.1. The van der Waals surface area contributed by atoms with Crippen LogP contribution in [-0.2, 0) is 4.79 Å². The molecule has 0 aromatic carbocycles. The van der Waals surface area contributed by atoms with Gasteiger partial charge in [0.2, 0.25) is 5.91 Å². The molecular formula is C7H12N2O. The van der Waals surface area contributed by atoms with Crippen molar-refractivity contribution in [1.29, 1.82) is 0 Å². The molecule has 2 saturated heterocycles. The van der Waals surface area contributed by atoms with E-state index in [-0.39, 0.29) is 5.91 Å². The van der Waals surface area contributed by atoms with E-state index in [0.717, 1.165) is 19.5 Å². The third-order valence-electron chi connectivity index (χ3n) is 2.46. The summed E-state index contributed by atoms with van der Waals surface area (Å²) in [6, 6.07) is 0.567. The Morgan fingerprint density at radius 1 is 1.50 bits per heavy atom. The van der Waals surface area contributed by atoms with Crippen LogP contribution >= 0.6 is 0 Å². The summed E-state index contributed by atoms with van der Waals surface area (Å²) in [5, 5.41) is 6.22. The van der Waals surface area contributed by atoms with E-state index in [1.165, 1.54) is 6.42 Å². The molecule has 3 heteroatoms. The van der Waals surface area contributed by atoms with Crippen molar-refractivity contribution in [1.82, 2.24) is 10.6 Å². The lowest BCUT2D eigenvalue weighted by Crippen LogP contribution is -2.46. The number of amides is 1. The predicted molar refractivity (Wildman–Crippen MR) is 37.5 cm³/mol. The molecule has 2 heterocycles. The van der Waals surface area contributed by atoms with Gasteiger partial charge in [-0.3, -0.25) is 4.79 Å². The average Bonchev–Trinajstić information content (AvgIpc) is 2.33. The summed E-state index contributed by atoms with van der Waals surface area (Å²) < 4.78 is 0. The fourth-order valence-corrected chi connectivity index (χ4v) is 1.84. The van der Waals surface area contributed by atoms with Crippen LogP contribution in [-0.4, -0.2) is 25.0 Å². The molecule has 56 valence electrons. The smallest absolute Gasteiger partial charge is 0.220 e. The molecule has 2 N–H and O–H groups in total. The predicted octanol–water partition coefficient (Wildman–Crippen LogP) is -0.516. The molecule has 0 aliphatic carbocycles. The maximum atomic E-state index is 10.9. The van der Waals surface area contributed by atoms with Crippen LogP contribution in [0.5, 0.6) is 0 Å². The van der Waals surface area contributed by atoms with Crippen molar-refractivity contribution in [2.24, 2.45) is 5.92 Å². The van der Waals surface area contributed by atoms with Crippen molar-refractivity contribution in [2.45, 2.75) is 18.9 Å². The molecule has 0 aromatic rings. The number of piperidine rings is 1. The summed E-state index contributed by atoms with van der Waals surface area (Å²) in [5.41, 5.74) is 0. The first-order chi connectivity index (χ1) is 4.86. The third kappa shape index (κ3) is 0.904. The number of carbonyl (C=O) groups is 1. The van der Waals surface area contributed by atoms with E-state index in [1.54, 1.807) is 0 Å². The Morgan fingerprint density at radius 2 is 2.40 bits per heavy atom. The van der Waals surface area contributed by atoms with Gasteiger partial charge in [0.1, 0.15) is 0 Å². The number of carbonyl (C=O) groups excluding carboxylic acids is 1. The van der Waals surface area contributed by atoms with E-state index in [0.29, 0.717) is 12.0 Å². The second-order valence-electron chi connectivity index (χ2n) is 3.12. The Morgan fingerprint density at radius 3 is 3.30 bits per heavy atom. The van der Waals surface area contributed by atoms with E-state index in [2.05, 4.69) is 10.6 Å². The first kappa shape index (κ1) is 6.16. The van der Waals surface area contributed by atoms with Crippen molar-refractivity contribution in [3.63, 3.8) is 0 Å². The molecule has 0 radical (unpaired) electrons. The van der Waals surface area contributed by atoms with Crippen molar-refractivity contribution in [3.8, 4) is 0 Å². The molecular weight excluding hydrogens is 128 g/mol. The van der Waals surface area contributed by atoms with Crippen molar-refractivity contribution in [3.05, 3.63) is 0 Å². The molecule has 0 aromatic heterocycles. The lowest BCUT2D eigenvalue weighted by Gasteiger charge is -2.24. The maximum Gasteiger partial charge on any atom is 0.220 e. The van der Waals surface area contributed by atoms with E-state index >= 15 is 0 Å². The van der Waals surface area contributed by atoms with Gasteiger partial charge >= 0.3 is 0 Å². The lowest BCUT2D eigenvalue weighted by molar-refractivity contribution is -0.123. The zero-order valence-corrected chi connectivity index (χ0v) is 5.89. The normalized spacial score (nSPS) is 39.0. The number of nitrogens with one attached hydrogen (secondary N) is 2. The van der Waals surface area contributed by atoms with E-state index in [9.17, 15) is 4.79 Å². The Hall–Kier alpha value is -0.570. The van der Waals surface area contributed by atoms with Crippen LogP contribution in [0.1, 0.15) is 12.8 Å². The van der Waals surface area contributed by atoms with Crippen molar-refractivity contribution >= 4 is 5.91 Å². The van der Waals surface area contributed by atoms with Crippen LogP contribution in [0.2, 0.25) is 0 Å². The number of rotatable bonds is 0. The van der Waals surface area contributed by atoms with Gasteiger partial charge in [-0.05, 0) is 18.9 Å². The van der Waals surface area contributed by atoms with Gasteiger partial charge in [0.15, 0.2) is 0 Å². The Balaban J connectivity index is 2.03. The van der Waals surface area contributed by atoms with Gasteiger partial charge in [0, 0.05) is 19.0 Å². The van der Waals surface area contributed by atoms with Crippen LogP contribution in [0, 0.1) is 5.92 Å². The second-order valence-corrected chi connectivity index (χ2v) is 3.12. The summed E-state index contributed by atoms with van der Waals surface area (Å²) in [4.78, 5) is 10.9. The zero-order valence-electron chi connectivity index (χ0n) is 5.89. The highest BCUT2D eigenvalue weighted by Gasteiger charge is 2.32. The minimum atomic E-state index is 0.227. The number of fused-ring (bicyclic) bond motifs is 1. The van der Waals surface area contributed by atoms with Crippen LogP contribution in [0.3, 0.4) is 0 Å². The minimum absolute atomic E-state index is 0.227. The lowest BCUT2D eigenvalue weighted by atomic mass is 9.93. The van der Waals surface area contributed by atoms with E-state index < -0.39 is 0 Å². The Labute approximate surface area is 60.2 Å². The van der Waals surface area contributed by atoms with Crippen LogP contribution in [0.15, 0.2) is 0 Å². The quantitative estimate of drug-likeness (QED) is 0.475.